The first-order chi connectivity index (χ1) is 12.8. The van der Waals surface area contributed by atoms with E-state index in [-0.39, 0.29) is 16.6 Å². The second kappa shape index (κ2) is 8.04. The second-order valence-corrected chi connectivity index (χ2v) is 9.29. The van der Waals surface area contributed by atoms with Crippen molar-refractivity contribution in [1.82, 2.24) is 9.88 Å². The monoisotopic (exact) mass is 410 g/mol. The number of rotatable bonds is 5. The summed E-state index contributed by atoms with van der Waals surface area (Å²) < 4.78 is 29.4. The summed E-state index contributed by atoms with van der Waals surface area (Å²) in [7, 11) is -1.85. The molecule has 3 rings (SSSR count). The summed E-state index contributed by atoms with van der Waals surface area (Å²) in [6.07, 6.45) is 4.36. The van der Waals surface area contributed by atoms with Crippen molar-refractivity contribution in [1.29, 1.82) is 0 Å². The maximum absolute atomic E-state index is 12.1. The summed E-state index contributed by atoms with van der Waals surface area (Å²) >= 11 is 5.95. The molecule has 0 spiro atoms. The summed E-state index contributed by atoms with van der Waals surface area (Å²) in [5, 5.41) is 10.0. The van der Waals surface area contributed by atoms with Crippen LogP contribution in [0.2, 0.25) is 5.02 Å². The van der Waals surface area contributed by atoms with Gasteiger partial charge in [-0.1, -0.05) is 17.7 Å². The number of hydrogen-bond donors (Lipinski definition) is 1. The Labute approximate surface area is 164 Å². The van der Waals surface area contributed by atoms with Crippen LogP contribution in [0.1, 0.15) is 30.0 Å². The van der Waals surface area contributed by atoms with Crippen LogP contribution < -0.4 is 4.74 Å². The Morgan fingerprint density at radius 3 is 2.63 bits per heavy atom. The van der Waals surface area contributed by atoms with Crippen LogP contribution in [-0.4, -0.2) is 49.9 Å². The van der Waals surface area contributed by atoms with Crippen LogP contribution >= 0.6 is 11.6 Å². The number of methoxy groups -OCH3 is 1. The first kappa shape index (κ1) is 19.9. The highest BCUT2D eigenvalue weighted by atomic mass is 35.5. The summed E-state index contributed by atoms with van der Waals surface area (Å²) in [6, 6.07) is 6.85. The maximum Gasteiger partial charge on any atom is 0.177 e. The molecule has 1 aromatic heterocycles. The number of nitrogens with zero attached hydrogens (tertiary/aromatic N) is 2. The van der Waals surface area contributed by atoms with Gasteiger partial charge < -0.3 is 9.84 Å². The Kier molecular flexibility index (Phi) is 5.93. The van der Waals surface area contributed by atoms with Crippen molar-refractivity contribution in [2.45, 2.75) is 30.2 Å². The molecule has 0 amide bonds. The fourth-order valence-electron chi connectivity index (χ4n) is 3.48. The van der Waals surface area contributed by atoms with Gasteiger partial charge in [0, 0.05) is 24.9 Å². The zero-order valence-corrected chi connectivity index (χ0v) is 16.9. The quantitative estimate of drug-likeness (QED) is 0.815. The molecule has 1 saturated heterocycles. The standard InChI is InChI=1S/C19H23ClN2O4S/c1-26-17-9-13(3-4-16(17)23)12-22-7-5-14(6-8-22)19-18(27(2,24)25)10-15(20)11-21-19/h3-4,9-11,14,23H,5-8,12H2,1-2H3. The average molecular weight is 411 g/mol. The summed E-state index contributed by atoms with van der Waals surface area (Å²) in [6.45, 7) is 2.42. The molecule has 1 N–H and O–H groups in total. The average Bonchev–Trinajstić information content (AvgIpc) is 2.63. The maximum atomic E-state index is 12.1. The predicted molar refractivity (Wildman–Crippen MR) is 104 cm³/mol. The molecule has 1 aliphatic rings. The number of sulfone groups is 1. The second-order valence-electron chi connectivity index (χ2n) is 6.87. The molecule has 0 bridgehead atoms. The molecule has 0 saturated carbocycles. The molecule has 1 fully saturated rings. The lowest BCUT2D eigenvalue weighted by Gasteiger charge is -2.32. The molecule has 0 aliphatic carbocycles. The number of phenols is 1. The molecule has 0 atom stereocenters. The van der Waals surface area contributed by atoms with Gasteiger partial charge in [-0.25, -0.2) is 8.42 Å². The zero-order valence-electron chi connectivity index (χ0n) is 15.4. The van der Waals surface area contributed by atoms with Crippen LogP contribution in [0.3, 0.4) is 0 Å². The van der Waals surface area contributed by atoms with Gasteiger partial charge in [0.15, 0.2) is 21.3 Å². The minimum absolute atomic E-state index is 0.0950. The van der Waals surface area contributed by atoms with Gasteiger partial charge in [0.1, 0.15) is 0 Å². The smallest absolute Gasteiger partial charge is 0.177 e. The SMILES string of the molecule is COc1cc(CN2CCC(c3ncc(Cl)cc3S(C)(=O)=O)CC2)ccc1O. The fraction of sp³-hybridized carbons (Fsp3) is 0.421. The lowest BCUT2D eigenvalue weighted by Crippen LogP contribution is -2.33. The normalized spacial score (nSPS) is 16.4. The molecule has 6 nitrogen and oxygen atoms in total. The number of aromatic nitrogens is 1. The molecule has 8 heteroatoms. The van der Waals surface area contributed by atoms with Crippen molar-refractivity contribution in [3.63, 3.8) is 0 Å². The summed E-state index contributed by atoms with van der Waals surface area (Å²) in [4.78, 5) is 6.87. The van der Waals surface area contributed by atoms with Gasteiger partial charge in [0.25, 0.3) is 0 Å². The number of pyridine rings is 1. The van der Waals surface area contributed by atoms with E-state index in [1.165, 1.54) is 25.6 Å². The van der Waals surface area contributed by atoms with E-state index in [1.807, 2.05) is 12.1 Å². The van der Waals surface area contributed by atoms with Crippen LogP contribution in [0.5, 0.6) is 11.5 Å². The number of hydrogen-bond acceptors (Lipinski definition) is 6. The van der Waals surface area contributed by atoms with Crippen molar-refractivity contribution in [3.8, 4) is 11.5 Å². The number of halogens is 1. The Morgan fingerprint density at radius 1 is 1.30 bits per heavy atom. The van der Waals surface area contributed by atoms with Crippen LogP contribution in [0.25, 0.3) is 0 Å². The molecule has 0 unspecified atom stereocenters. The number of aromatic hydroxyl groups is 1. The Balaban J connectivity index is 1.69. The number of likely N-dealkylation sites (tertiary alicyclic amines) is 1. The molecule has 27 heavy (non-hydrogen) atoms. The highest BCUT2D eigenvalue weighted by Gasteiger charge is 2.27. The van der Waals surface area contributed by atoms with E-state index < -0.39 is 9.84 Å². The molecular weight excluding hydrogens is 388 g/mol. The van der Waals surface area contributed by atoms with Crippen molar-refractivity contribution in [2.75, 3.05) is 26.5 Å². The molecule has 1 aliphatic heterocycles. The van der Waals surface area contributed by atoms with E-state index in [4.69, 9.17) is 16.3 Å². The van der Waals surface area contributed by atoms with Crippen molar-refractivity contribution >= 4 is 21.4 Å². The van der Waals surface area contributed by atoms with E-state index in [9.17, 15) is 13.5 Å². The third-order valence-electron chi connectivity index (χ3n) is 4.87. The Morgan fingerprint density at radius 2 is 2.00 bits per heavy atom. The van der Waals surface area contributed by atoms with Gasteiger partial charge in [-0.15, -0.1) is 0 Å². The first-order valence-corrected chi connectivity index (χ1v) is 11.0. The van der Waals surface area contributed by atoms with Crippen LogP contribution in [0, 0.1) is 0 Å². The topological polar surface area (TPSA) is 79.7 Å². The van der Waals surface area contributed by atoms with Gasteiger partial charge in [0.2, 0.25) is 0 Å². The molecule has 0 radical (unpaired) electrons. The summed E-state index contributed by atoms with van der Waals surface area (Å²) in [5.74, 6) is 0.685. The lowest BCUT2D eigenvalue weighted by molar-refractivity contribution is 0.202. The minimum Gasteiger partial charge on any atom is -0.504 e. The molecule has 1 aromatic carbocycles. The van der Waals surface area contributed by atoms with Crippen LogP contribution in [0.15, 0.2) is 35.4 Å². The van der Waals surface area contributed by atoms with Gasteiger partial charge in [-0.2, -0.15) is 0 Å². The van der Waals surface area contributed by atoms with E-state index in [0.717, 1.165) is 38.0 Å². The van der Waals surface area contributed by atoms with Crippen molar-refractivity contribution < 1.29 is 18.3 Å². The third kappa shape index (κ3) is 4.72. The van der Waals surface area contributed by atoms with Gasteiger partial charge >= 0.3 is 0 Å². The lowest BCUT2D eigenvalue weighted by atomic mass is 9.92. The predicted octanol–water partition coefficient (Wildman–Crippen LogP) is 3.23. The van der Waals surface area contributed by atoms with Gasteiger partial charge in [0.05, 0.1) is 22.7 Å². The van der Waals surface area contributed by atoms with E-state index in [2.05, 4.69) is 9.88 Å². The fourth-order valence-corrected chi connectivity index (χ4v) is 4.64. The molecule has 2 aromatic rings. The van der Waals surface area contributed by atoms with E-state index in [0.29, 0.717) is 16.5 Å². The number of piperidine rings is 1. The van der Waals surface area contributed by atoms with Crippen LogP contribution in [-0.2, 0) is 16.4 Å². The van der Waals surface area contributed by atoms with E-state index in [1.54, 1.807) is 6.07 Å². The van der Waals surface area contributed by atoms with Gasteiger partial charge in [-0.3, -0.25) is 9.88 Å². The summed E-state index contributed by atoms with van der Waals surface area (Å²) in [5.41, 5.74) is 1.68. The van der Waals surface area contributed by atoms with Crippen LogP contribution in [0.4, 0.5) is 0 Å². The first-order valence-electron chi connectivity index (χ1n) is 8.71. The zero-order chi connectivity index (χ0) is 19.6. The van der Waals surface area contributed by atoms with Crippen molar-refractivity contribution in [2.24, 2.45) is 0 Å². The highest BCUT2D eigenvalue weighted by Crippen LogP contribution is 2.33. The number of benzene rings is 1. The molecule has 2 heterocycles. The Bertz CT molecular complexity index is 925. The Hall–Kier alpha value is -1.83. The highest BCUT2D eigenvalue weighted by molar-refractivity contribution is 7.90. The minimum atomic E-state index is -3.38. The van der Waals surface area contributed by atoms with Crippen molar-refractivity contribution in [3.05, 3.63) is 46.7 Å². The van der Waals surface area contributed by atoms with Gasteiger partial charge in [-0.05, 0) is 49.7 Å². The number of ether oxygens (including phenoxy) is 1. The third-order valence-corrected chi connectivity index (χ3v) is 6.21. The largest absolute Gasteiger partial charge is 0.504 e. The molecular formula is C19H23ClN2O4S. The number of phenolic OH excluding ortho intramolecular Hbond substituents is 1. The van der Waals surface area contributed by atoms with E-state index >= 15 is 0 Å². The molecule has 146 valence electrons.